The number of halogens is 1. The third-order valence-corrected chi connectivity index (χ3v) is 3.67. The summed E-state index contributed by atoms with van der Waals surface area (Å²) in [4.78, 5) is 16.1. The molecule has 0 bridgehead atoms. The normalized spacial score (nSPS) is 18.7. The Bertz CT molecular complexity index is 611. The number of carbonyl (C=O) groups is 1. The van der Waals surface area contributed by atoms with Crippen LogP contribution < -0.4 is 10.6 Å². The summed E-state index contributed by atoms with van der Waals surface area (Å²) in [6, 6.07) is 7.52. The van der Waals surface area contributed by atoms with Crippen molar-refractivity contribution in [2.24, 2.45) is 0 Å². The van der Waals surface area contributed by atoms with E-state index < -0.39 is 0 Å². The van der Waals surface area contributed by atoms with Gasteiger partial charge in [-0.15, -0.1) is 12.4 Å². The van der Waals surface area contributed by atoms with Gasteiger partial charge in [-0.3, -0.25) is 4.79 Å². The van der Waals surface area contributed by atoms with Crippen LogP contribution in [-0.4, -0.2) is 46.5 Å². The lowest BCUT2D eigenvalue weighted by Crippen LogP contribution is -2.51. The van der Waals surface area contributed by atoms with Crippen LogP contribution in [0.15, 0.2) is 36.9 Å². The lowest BCUT2D eigenvalue weighted by Gasteiger charge is -2.25. The second-order valence-electron chi connectivity index (χ2n) is 5.24. The van der Waals surface area contributed by atoms with E-state index in [-0.39, 0.29) is 30.4 Å². The smallest absolute Gasteiger partial charge is 0.240 e. The van der Waals surface area contributed by atoms with Crippen molar-refractivity contribution in [1.29, 1.82) is 0 Å². The standard InChI is InChI=1S/C15H19N5O2.ClH/c1-11(19-15(21)14-8-22-7-6-17-14)12-2-4-13(5-3-12)20-10-16-9-18-20;/h2-5,9-11,14,17H,6-8H2,1H3,(H,19,21);1H. The highest BCUT2D eigenvalue weighted by Gasteiger charge is 2.22. The first kappa shape index (κ1) is 17.4. The number of carbonyl (C=O) groups excluding carboxylic acids is 1. The van der Waals surface area contributed by atoms with Crippen LogP contribution in [0.5, 0.6) is 0 Å². The lowest BCUT2D eigenvalue weighted by atomic mass is 10.1. The summed E-state index contributed by atoms with van der Waals surface area (Å²) in [7, 11) is 0. The molecular formula is C15H20ClN5O2. The molecule has 0 spiro atoms. The molecule has 2 atom stereocenters. The number of hydrogen-bond acceptors (Lipinski definition) is 5. The first-order valence-electron chi connectivity index (χ1n) is 7.30. The van der Waals surface area contributed by atoms with Crippen LogP contribution in [0.25, 0.3) is 5.69 Å². The highest BCUT2D eigenvalue weighted by molar-refractivity contribution is 5.85. The van der Waals surface area contributed by atoms with Gasteiger partial charge in [0.25, 0.3) is 0 Å². The van der Waals surface area contributed by atoms with Crippen LogP contribution in [0, 0.1) is 0 Å². The highest BCUT2D eigenvalue weighted by atomic mass is 35.5. The number of rotatable bonds is 4. The molecule has 0 radical (unpaired) electrons. The third-order valence-electron chi connectivity index (χ3n) is 3.67. The molecule has 1 saturated heterocycles. The van der Waals surface area contributed by atoms with Crippen molar-refractivity contribution in [3.63, 3.8) is 0 Å². The van der Waals surface area contributed by atoms with Crippen LogP contribution >= 0.6 is 12.4 Å². The number of benzene rings is 1. The van der Waals surface area contributed by atoms with Gasteiger partial charge in [0.2, 0.25) is 5.91 Å². The topological polar surface area (TPSA) is 81.1 Å². The summed E-state index contributed by atoms with van der Waals surface area (Å²) >= 11 is 0. The summed E-state index contributed by atoms with van der Waals surface area (Å²) in [6.45, 7) is 3.75. The van der Waals surface area contributed by atoms with Crippen LogP contribution in [0.2, 0.25) is 0 Å². The molecule has 2 N–H and O–H groups in total. The summed E-state index contributed by atoms with van der Waals surface area (Å²) in [6.07, 6.45) is 3.14. The number of hydrogen-bond donors (Lipinski definition) is 2. The van der Waals surface area contributed by atoms with Gasteiger partial charge in [-0.05, 0) is 24.6 Å². The lowest BCUT2D eigenvalue weighted by molar-refractivity contribution is -0.126. The second-order valence-corrected chi connectivity index (χ2v) is 5.24. The van der Waals surface area contributed by atoms with Gasteiger partial charge in [0.05, 0.1) is 24.9 Å². The molecule has 1 aromatic carbocycles. The molecule has 1 amide bonds. The Morgan fingerprint density at radius 3 is 2.83 bits per heavy atom. The summed E-state index contributed by atoms with van der Waals surface area (Å²) < 4.78 is 7.00. The quantitative estimate of drug-likeness (QED) is 0.864. The molecule has 1 aliphatic rings. The molecule has 2 aromatic rings. The first-order chi connectivity index (χ1) is 10.7. The van der Waals surface area contributed by atoms with Gasteiger partial charge >= 0.3 is 0 Å². The number of aromatic nitrogens is 3. The predicted molar refractivity (Wildman–Crippen MR) is 87.8 cm³/mol. The maximum atomic E-state index is 12.2. The van der Waals surface area contributed by atoms with Crippen molar-refractivity contribution in [3.8, 4) is 5.69 Å². The van der Waals surface area contributed by atoms with E-state index in [1.165, 1.54) is 6.33 Å². The Balaban J connectivity index is 0.00000192. The fourth-order valence-electron chi connectivity index (χ4n) is 2.39. The van der Waals surface area contributed by atoms with E-state index in [0.717, 1.165) is 11.3 Å². The van der Waals surface area contributed by atoms with Gasteiger partial charge < -0.3 is 15.4 Å². The van der Waals surface area contributed by atoms with Gasteiger partial charge in [0.1, 0.15) is 18.7 Å². The van der Waals surface area contributed by atoms with Gasteiger partial charge in [0, 0.05) is 6.54 Å². The Hall–Kier alpha value is -1.96. The van der Waals surface area contributed by atoms with Crippen molar-refractivity contribution in [2.45, 2.75) is 19.0 Å². The van der Waals surface area contributed by atoms with E-state index in [2.05, 4.69) is 20.7 Å². The zero-order valence-corrected chi connectivity index (χ0v) is 13.6. The zero-order chi connectivity index (χ0) is 15.4. The Morgan fingerprint density at radius 2 is 2.22 bits per heavy atom. The van der Waals surface area contributed by atoms with Crippen LogP contribution in [0.3, 0.4) is 0 Å². The van der Waals surface area contributed by atoms with Gasteiger partial charge in [-0.25, -0.2) is 9.67 Å². The number of amides is 1. The summed E-state index contributed by atoms with van der Waals surface area (Å²) in [5, 5.41) is 10.2. The average molecular weight is 338 g/mol. The number of ether oxygens (including phenoxy) is 1. The molecule has 8 heteroatoms. The molecule has 2 heterocycles. The largest absolute Gasteiger partial charge is 0.378 e. The average Bonchev–Trinajstić information content (AvgIpc) is 3.10. The van der Waals surface area contributed by atoms with E-state index in [4.69, 9.17) is 4.74 Å². The zero-order valence-electron chi connectivity index (χ0n) is 12.8. The Morgan fingerprint density at radius 1 is 1.43 bits per heavy atom. The van der Waals surface area contributed by atoms with Crippen LogP contribution in [-0.2, 0) is 9.53 Å². The van der Waals surface area contributed by atoms with Crippen LogP contribution in [0.1, 0.15) is 18.5 Å². The molecule has 1 aliphatic heterocycles. The summed E-state index contributed by atoms with van der Waals surface area (Å²) in [5.74, 6) is -0.0347. The molecule has 1 fully saturated rings. The molecule has 2 unspecified atom stereocenters. The maximum absolute atomic E-state index is 12.2. The molecule has 1 aromatic heterocycles. The molecule has 0 saturated carbocycles. The molecule has 124 valence electrons. The van der Waals surface area contributed by atoms with Crippen molar-refractivity contribution >= 4 is 18.3 Å². The molecule has 3 rings (SSSR count). The monoisotopic (exact) mass is 337 g/mol. The van der Waals surface area contributed by atoms with Crippen LogP contribution in [0.4, 0.5) is 0 Å². The van der Waals surface area contributed by atoms with Crippen molar-refractivity contribution in [3.05, 3.63) is 42.5 Å². The van der Waals surface area contributed by atoms with E-state index in [1.807, 2.05) is 31.2 Å². The fraction of sp³-hybridized carbons (Fsp3) is 0.400. The minimum Gasteiger partial charge on any atom is -0.378 e. The fourth-order valence-corrected chi connectivity index (χ4v) is 2.39. The number of nitrogens with zero attached hydrogens (tertiary/aromatic N) is 3. The number of morpholine rings is 1. The van der Waals surface area contributed by atoms with Crippen molar-refractivity contribution < 1.29 is 9.53 Å². The Labute approximate surface area is 140 Å². The molecular weight excluding hydrogens is 318 g/mol. The summed E-state index contributed by atoms with van der Waals surface area (Å²) in [5.41, 5.74) is 1.97. The Kier molecular flexibility index (Phi) is 6.09. The molecule has 7 nitrogen and oxygen atoms in total. The van der Waals surface area contributed by atoms with Crippen molar-refractivity contribution in [1.82, 2.24) is 25.4 Å². The van der Waals surface area contributed by atoms with E-state index in [9.17, 15) is 4.79 Å². The molecule has 23 heavy (non-hydrogen) atoms. The first-order valence-corrected chi connectivity index (χ1v) is 7.30. The van der Waals surface area contributed by atoms with E-state index in [1.54, 1.807) is 11.0 Å². The SMILES string of the molecule is CC(NC(=O)C1COCCN1)c1ccc(-n2cncn2)cc1.Cl. The van der Waals surface area contributed by atoms with Crippen molar-refractivity contribution in [2.75, 3.05) is 19.8 Å². The van der Waals surface area contributed by atoms with Gasteiger partial charge in [-0.2, -0.15) is 5.10 Å². The van der Waals surface area contributed by atoms with E-state index >= 15 is 0 Å². The number of nitrogens with one attached hydrogen (secondary N) is 2. The minimum absolute atomic E-state index is 0. The third kappa shape index (κ3) is 4.28. The van der Waals surface area contributed by atoms with E-state index in [0.29, 0.717) is 19.8 Å². The molecule has 0 aliphatic carbocycles. The van der Waals surface area contributed by atoms with Gasteiger partial charge in [0.15, 0.2) is 0 Å². The second kappa shape index (κ2) is 8.05. The van der Waals surface area contributed by atoms with Gasteiger partial charge in [-0.1, -0.05) is 12.1 Å². The highest BCUT2D eigenvalue weighted by Crippen LogP contribution is 2.15. The minimum atomic E-state index is -0.273. The predicted octanol–water partition coefficient (Wildman–Crippen LogP) is 0.855. The maximum Gasteiger partial charge on any atom is 0.240 e.